The first kappa shape index (κ1) is 13.7. The van der Waals surface area contributed by atoms with Crippen LogP contribution in [0, 0.1) is 5.41 Å². The van der Waals surface area contributed by atoms with Crippen LogP contribution < -0.4 is 5.73 Å². The molecule has 0 aliphatic carbocycles. The van der Waals surface area contributed by atoms with Gasteiger partial charge in [-0.3, -0.25) is 10.1 Å². The molecule has 0 amide bonds. The van der Waals surface area contributed by atoms with E-state index in [0.29, 0.717) is 12.5 Å². The zero-order chi connectivity index (χ0) is 12.8. The number of hydrogen-bond donors (Lipinski definition) is 2. The molecule has 17 heavy (non-hydrogen) atoms. The molecule has 0 fully saturated rings. The first-order valence-electron chi connectivity index (χ1n) is 6.08. The number of nitrogens with zero attached hydrogens (tertiary/aromatic N) is 3. The molecule has 0 aromatic carbocycles. The molecule has 0 bridgehead atoms. The fraction of sp³-hybridized carbons (Fsp3) is 0.667. The Morgan fingerprint density at radius 1 is 1.65 bits per heavy atom. The van der Waals surface area contributed by atoms with E-state index in [-0.39, 0.29) is 5.84 Å². The molecule has 1 unspecified atom stereocenters. The number of nitrogens with one attached hydrogen (secondary N) is 1. The van der Waals surface area contributed by atoms with Gasteiger partial charge in [-0.2, -0.15) is 5.10 Å². The average Bonchev–Trinajstić information content (AvgIpc) is 2.73. The summed E-state index contributed by atoms with van der Waals surface area (Å²) in [5, 5.41) is 11.7. The molecule has 0 aliphatic rings. The first-order chi connectivity index (χ1) is 8.02. The van der Waals surface area contributed by atoms with Crippen molar-refractivity contribution in [3.63, 3.8) is 0 Å². The maximum absolute atomic E-state index is 7.18. The maximum Gasteiger partial charge on any atom is 0.0918 e. The largest absolute Gasteiger partial charge is 0.388 e. The predicted molar refractivity (Wildman–Crippen MR) is 70.1 cm³/mol. The molecular weight excluding hydrogens is 214 g/mol. The molecule has 5 heteroatoms. The highest BCUT2D eigenvalue weighted by Gasteiger charge is 2.07. The quantitative estimate of drug-likeness (QED) is 0.559. The molecule has 1 heterocycles. The van der Waals surface area contributed by atoms with Crippen molar-refractivity contribution in [1.82, 2.24) is 14.7 Å². The summed E-state index contributed by atoms with van der Waals surface area (Å²) in [6.07, 6.45) is 3.73. The van der Waals surface area contributed by atoms with Crippen LogP contribution in [0.25, 0.3) is 0 Å². The summed E-state index contributed by atoms with van der Waals surface area (Å²) in [6.45, 7) is 5.92. The van der Waals surface area contributed by atoms with Gasteiger partial charge in [-0.05, 0) is 26.5 Å². The van der Waals surface area contributed by atoms with Crippen LogP contribution in [-0.4, -0.2) is 34.1 Å². The Kier molecular flexibility index (Phi) is 5.15. The number of amidine groups is 1. The monoisotopic (exact) mass is 237 g/mol. The van der Waals surface area contributed by atoms with Crippen molar-refractivity contribution in [1.29, 1.82) is 5.41 Å². The Bertz CT molecular complexity index is 358. The van der Waals surface area contributed by atoms with Crippen LogP contribution in [0.5, 0.6) is 0 Å². The second kappa shape index (κ2) is 6.39. The zero-order valence-electron chi connectivity index (χ0n) is 11.0. The summed E-state index contributed by atoms with van der Waals surface area (Å²) in [5.74, 6) is 0.238. The average molecular weight is 237 g/mol. The van der Waals surface area contributed by atoms with E-state index >= 15 is 0 Å². The SMILES string of the molecule is CCC(C)n1ccc(CN(C)CCC(=N)N)n1. The molecule has 0 spiro atoms. The van der Waals surface area contributed by atoms with E-state index in [1.165, 1.54) is 0 Å². The molecular formula is C12H23N5. The lowest BCUT2D eigenvalue weighted by Gasteiger charge is -2.14. The number of rotatable bonds is 7. The van der Waals surface area contributed by atoms with Crippen LogP contribution in [0.3, 0.4) is 0 Å². The Balaban J connectivity index is 2.45. The van der Waals surface area contributed by atoms with E-state index in [2.05, 4.69) is 29.9 Å². The van der Waals surface area contributed by atoms with Crippen LogP contribution in [0.1, 0.15) is 38.4 Å². The lowest BCUT2D eigenvalue weighted by Crippen LogP contribution is -2.24. The fourth-order valence-electron chi connectivity index (χ4n) is 1.56. The molecule has 0 saturated heterocycles. The molecule has 1 atom stereocenters. The van der Waals surface area contributed by atoms with Crippen LogP contribution in [0.2, 0.25) is 0 Å². The van der Waals surface area contributed by atoms with E-state index in [0.717, 1.165) is 25.2 Å². The first-order valence-corrected chi connectivity index (χ1v) is 6.08. The van der Waals surface area contributed by atoms with E-state index in [9.17, 15) is 0 Å². The van der Waals surface area contributed by atoms with Crippen molar-refractivity contribution in [2.75, 3.05) is 13.6 Å². The minimum Gasteiger partial charge on any atom is -0.388 e. The predicted octanol–water partition coefficient (Wildman–Crippen LogP) is 1.61. The van der Waals surface area contributed by atoms with Gasteiger partial charge in [0, 0.05) is 31.7 Å². The highest BCUT2D eigenvalue weighted by molar-refractivity contribution is 5.76. The summed E-state index contributed by atoms with van der Waals surface area (Å²) >= 11 is 0. The van der Waals surface area contributed by atoms with Crippen molar-refractivity contribution in [2.24, 2.45) is 5.73 Å². The van der Waals surface area contributed by atoms with Gasteiger partial charge in [-0.25, -0.2) is 0 Å². The Hall–Kier alpha value is -1.36. The van der Waals surface area contributed by atoms with Gasteiger partial charge >= 0.3 is 0 Å². The second-order valence-corrected chi connectivity index (χ2v) is 4.56. The van der Waals surface area contributed by atoms with Crippen molar-refractivity contribution < 1.29 is 0 Å². The number of nitrogens with two attached hydrogens (primary N) is 1. The van der Waals surface area contributed by atoms with Crippen molar-refractivity contribution >= 4 is 5.84 Å². The van der Waals surface area contributed by atoms with E-state index in [4.69, 9.17) is 11.1 Å². The molecule has 96 valence electrons. The summed E-state index contributed by atoms with van der Waals surface area (Å²) < 4.78 is 2.01. The maximum atomic E-state index is 7.18. The molecule has 0 radical (unpaired) electrons. The van der Waals surface area contributed by atoms with Gasteiger partial charge in [0.25, 0.3) is 0 Å². The highest BCUT2D eigenvalue weighted by atomic mass is 15.3. The van der Waals surface area contributed by atoms with Gasteiger partial charge in [0.2, 0.25) is 0 Å². The third-order valence-corrected chi connectivity index (χ3v) is 2.90. The summed E-state index contributed by atoms with van der Waals surface area (Å²) in [4.78, 5) is 2.13. The van der Waals surface area contributed by atoms with E-state index < -0.39 is 0 Å². The van der Waals surface area contributed by atoms with Crippen molar-refractivity contribution in [2.45, 2.75) is 39.3 Å². The molecule has 0 aliphatic heterocycles. The standard InChI is InChI=1S/C12H23N5/c1-4-10(2)17-8-5-11(15-17)9-16(3)7-6-12(13)14/h5,8,10H,4,6-7,9H2,1-3H3,(H3,13,14). The minimum absolute atomic E-state index is 0.238. The minimum atomic E-state index is 0.238. The highest BCUT2D eigenvalue weighted by Crippen LogP contribution is 2.10. The van der Waals surface area contributed by atoms with Crippen LogP contribution >= 0.6 is 0 Å². The van der Waals surface area contributed by atoms with Gasteiger partial charge in [-0.1, -0.05) is 6.92 Å². The van der Waals surface area contributed by atoms with Gasteiger partial charge in [0.05, 0.1) is 11.5 Å². The number of aromatic nitrogens is 2. The van der Waals surface area contributed by atoms with Gasteiger partial charge in [-0.15, -0.1) is 0 Å². The lowest BCUT2D eigenvalue weighted by molar-refractivity contribution is 0.329. The van der Waals surface area contributed by atoms with Crippen LogP contribution in [-0.2, 0) is 6.54 Å². The molecule has 3 N–H and O–H groups in total. The topological polar surface area (TPSA) is 70.9 Å². The van der Waals surface area contributed by atoms with Crippen LogP contribution in [0.4, 0.5) is 0 Å². The normalized spacial score (nSPS) is 12.9. The molecule has 5 nitrogen and oxygen atoms in total. The molecule has 1 aromatic heterocycles. The Morgan fingerprint density at radius 3 is 2.94 bits per heavy atom. The Morgan fingerprint density at radius 2 is 2.35 bits per heavy atom. The zero-order valence-corrected chi connectivity index (χ0v) is 11.0. The van der Waals surface area contributed by atoms with Crippen LogP contribution in [0.15, 0.2) is 12.3 Å². The molecule has 1 rings (SSSR count). The second-order valence-electron chi connectivity index (χ2n) is 4.56. The third-order valence-electron chi connectivity index (χ3n) is 2.90. The lowest BCUT2D eigenvalue weighted by atomic mass is 10.3. The Labute approximate surface area is 103 Å². The third kappa shape index (κ3) is 4.56. The van der Waals surface area contributed by atoms with Gasteiger partial charge < -0.3 is 10.6 Å². The smallest absolute Gasteiger partial charge is 0.0918 e. The summed E-state index contributed by atoms with van der Waals surface area (Å²) in [6, 6.07) is 2.50. The molecule has 1 aromatic rings. The van der Waals surface area contributed by atoms with Gasteiger partial charge in [0.1, 0.15) is 0 Å². The summed E-state index contributed by atoms with van der Waals surface area (Å²) in [7, 11) is 2.02. The van der Waals surface area contributed by atoms with Crippen molar-refractivity contribution in [3.8, 4) is 0 Å². The fourth-order valence-corrected chi connectivity index (χ4v) is 1.56. The number of hydrogen-bond acceptors (Lipinski definition) is 3. The summed E-state index contributed by atoms with van der Waals surface area (Å²) in [5.41, 5.74) is 6.40. The van der Waals surface area contributed by atoms with E-state index in [1.54, 1.807) is 0 Å². The van der Waals surface area contributed by atoms with Crippen molar-refractivity contribution in [3.05, 3.63) is 18.0 Å². The van der Waals surface area contributed by atoms with E-state index in [1.807, 2.05) is 17.9 Å². The van der Waals surface area contributed by atoms with Gasteiger partial charge in [0.15, 0.2) is 0 Å². The molecule has 0 saturated carbocycles.